The van der Waals surface area contributed by atoms with Gasteiger partial charge in [-0.3, -0.25) is 9.59 Å². The number of carbonyl (C=O) groups excluding carboxylic acids is 2. The van der Waals surface area contributed by atoms with Crippen molar-refractivity contribution >= 4 is 28.9 Å². The average Bonchev–Trinajstić information content (AvgIpc) is 2.75. The lowest BCUT2D eigenvalue weighted by Crippen LogP contribution is -2.38. The van der Waals surface area contributed by atoms with Crippen molar-refractivity contribution in [1.29, 1.82) is 5.41 Å². The highest BCUT2D eigenvalue weighted by Gasteiger charge is 2.30. The van der Waals surface area contributed by atoms with Crippen LogP contribution in [-0.2, 0) is 15.5 Å². The Morgan fingerprint density at radius 2 is 1.61 bits per heavy atom. The summed E-state index contributed by atoms with van der Waals surface area (Å²) < 4.78 is 33.1. The molecule has 2 amide bonds. The Morgan fingerprint density at radius 1 is 1.00 bits per heavy atom. The fourth-order valence-corrected chi connectivity index (χ4v) is 3.80. The number of carbonyl (C=O) groups is 2. The van der Waals surface area contributed by atoms with Crippen molar-refractivity contribution < 1.29 is 23.1 Å². The standard InChI is InChI=1S/C25H29F2N3O3/c1-16(28)22(24(32)30-19-8-6-7-17(15-19)25(2,26)27)23(31)29-18-11-13-21(14-12-18)33-20-9-4-3-5-10-20/h6-8,11-15,20,22,28H,3-5,9-10H2,1-2H3,(H,29,31)(H,30,32). The van der Waals surface area contributed by atoms with E-state index in [0.717, 1.165) is 38.7 Å². The zero-order chi connectivity index (χ0) is 24.0. The van der Waals surface area contributed by atoms with Crippen molar-refractivity contribution in [1.82, 2.24) is 0 Å². The zero-order valence-electron chi connectivity index (χ0n) is 18.8. The molecule has 33 heavy (non-hydrogen) atoms. The van der Waals surface area contributed by atoms with Crippen LogP contribution in [0.25, 0.3) is 0 Å². The Kier molecular flexibility index (Phi) is 7.79. The molecule has 176 valence electrons. The summed E-state index contributed by atoms with van der Waals surface area (Å²) in [4.78, 5) is 25.5. The van der Waals surface area contributed by atoms with Gasteiger partial charge in [-0.25, -0.2) is 8.78 Å². The van der Waals surface area contributed by atoms with E-state index in [-0.39, 0.29) is 23.1 Å². The highest BCUT2D eigenvalue weighted by Crippen LogP contribution is 2.29. The first-order chi connectivity index (χ1) is 15.6. The van der Waals surface area contributed by atoms with Gasteiger partial charge >= 0.3 is 0 Å². The molecule has 1 aliphatic rings. The molecule has 1 atom stereocenters. The van der Waals surface area contributed by atoms with Gasteiger partial charge in [-0.2, -0.15) is 0 Å². The first kappa shape index (κ1) is 24.4. The van der Waals surface area contributed by atoms with Gasteiger partial charge in [0, 0.05) is 29.6 Å². The van der Waals surface area contributed by atoms with Crippen LogP contribution in [0.1, 0.15) is 51.5 Å². The molecular weight excluding hydrogens is 428 g/mol. The van der Waals surface area contributed by atoms with Gasteiger partial charge in [0.2, 0.25) is 11.8 Å². The van der Waals surface area contributed by atoms with Crippen molar-refractivity contribution in [2.24, 2.45) is 5.92 Å². The normalized spacial score (nSPS) is 15.4. The lowest BCUT2D eigenvalue weighted by atomic mass is 9.98. The number of hydrogen-bond donors (Lipinski definition) is 3. The molecule has 1 aliphatic carbocycles. The first-order valence-electron chi connectivity index (χ1n) is 11.1. The Hall–Kier alpha value is -3.29. The van der Waals surface area contributed by atoms with E-state index in [2.05, 4.69) is 10.6 Å². The molecule has 8 heteroatoms. The summed E-state index contributed by atoms with van der Waals surface area (Å²) in [7, 11) is 0. The predicted octanol–water partition coefficient (Wildman–Crippen LogP) is 5.74. The van der Waals surface area contributed by atoms with Gasteiger partial charge in [-0.15, -0.1) is 0 Å². The Balaban J connectivity index is 1.63. The zero-order valence-corrected chi connectivity index (χ0v) is 18.8. The van der Waals surface area contributed by atoms with Crippen LogP contribution in [0.3, 0.4) is 0 Å². The molecule has 1 saturated carbocycles. The third kappa shape index (κ3) is 6.84. The largest absolute Gasteiger partial charge is 0.490 e. The molecule has 0 bridgehead atoms. The number of ether oxygens (including phenoxy) is 1. The van der Waals surface area contributed by atoms with Crippen LogP contribution in [0, 0.1) is 11.3 Å². The summed E-state index contributed by atoms with van der Waals surface area (Å²) in [6, 6.07) is 12.1. The topological polar surface area (TPSA) is 91.3 Å². The lowest BCUT2D eigenvalue weighted by Gasteiger charge is -2.23. The quantitative estimate of drug-likeness (QED) is 0.349. The van der Waals surface area contributed by atoms with Gasteiger partial charge < -0.3 is 20.8 Å². The molecule has 0 spiro atoms. The summed E-state index contributed by atoms with van der Waals surface area (Å²) in [5.41, 5.74) is 0.160. The number of nitrogens with one attached hydrogen (secondary N) is 3. The smallest absolute Gasteiger partial charge is 0.270 e. The Morgan fingerprint density at radius 3 is 2.18 bits per heavy atom. The maximum absolute atomic E-state index is 13.6. The highest BCUT2D eigenvalue weighted by molar-refractivity contribution is 6.24. The summed E-state index contributed by atoms with van der Waals surface area (Å²) in [6.07, 6.45) is 5.84. The van der Waals surface area contributed by atoms with E-state index in [1.165, 1.54) is 31.5 Å². The minimum atomic E-state index is -3.07. The minimum Gasteiger partial charge on any atom is -0.490 e. The fraction of sp³-hybridized carbons (Fsp3) is 0.400. The van der Waals surface area contributed by atoms with Crippen molar-refractivity contribution in [3.8, 4) is 5.75 Å². The molecule has 6 nitrogen and oxygen atoms in total. The highest BCUT2D eigenvalue weighted by atomic mass is 19.3. The van der Waals surface area contributed by atoms with Crippen molar-refractivity contribution in [2.75, 3.05) is 10.6 Å². The molecule has 0 radical (unpaired) electrons. The van der Waals surface area contributed by atoms with Crippen LogP contribution in [0.15, 0.2) is 48.5 Å². The SMILES string of the molecule is CC(=N)C(C(=O)Nc1ccc(OC2CCCCC2)cc1)C(=O)Nc1cccc(C(C)(F)F)c1. The molecule has 0 heterocycles. The minimum absolute atomic E-state index is 0.127. The van der Waals surface area contributed by atoms with E-state index in [1.54, 1.807) is 24.3 Å². The lowest BCUT2D eigenvalue weighted by molar-refractivity contribution is -0.126. The van der Waals surface area contributed by atoms with Crippen molar-refractivity contribution in [3.05, 3.63) is 54.1 Å². The fourth-order valence-electron chi connectivity index (χ4n) is 3.80. The second-order valence-electron chi connectivity index (χ2n) is 8.47. The van der Waals surface area contributed by atoms with E-state index in [1.807, 2.05) is 0 Å². The van der Waals surface area contributed by atoms with E-state index < -0.39 is 23.7 Å². The number of alkyl halides is 2. The van der Waals surface area contributed by atoms with Gasteiger partial charge in [-0.1, -0.05) is 18.6 Å². The summed E-state index contributed by atoms with van der Waals surface area (Å²) in [5.74, 6) is -5.22. The van der Waals surface area contributed by atoms with E-state index >= 15 is 0 Å². The van der Waals surface area contributed by atoms with E-state index in [4.69, 9.17) is 10.1 Å². The molecule has 0 aliphatic heterocycles. The molecule has 2 aromatic rings. The first-order valence-corrected chi connectivity index (χ1v) is 11.1. The number of halogens is 2. The molecule has 2 aromatic carbocycles. The van der Waals surface area contributed by atoms with Gasteiger partial charge in [0.25, 0.3) is 5.92 Å². The predicted molar refractivity (Wildman–Crippen MR) is 124 cm³/mol. The maximum atomic E-state index is 13.6. The number of hydrogen-bond acceptors (Lipinski definition) is 4. The van der Waals surface area contributed by atoms with Gasteiger partial charge in [-0.05, 0) is 69.0 Å². The molecule has 0 saturated heterocycles. The van der Waals surface area contributed by atoms with Crippen LogP contribution in [0.5, 0.6) is 5.75 Å². The van der Waals surface area contributed by atoms with Crippen molar-refractivity contribution in [3.63, 3.8) is 0 Å². The van der Waals surface area contributed by atoms with E-state index in [0.29, 0.717) is 11.4 Å². The van der Waals surface area contributed by atoms with Crippen LogP contribution >= 0.6 is 0 Å². The van der Waals surface area contributed by atoms with Crippen LogP contribution < -0.4 is 15.4 Å². The third-order valence-electron chi connectivity index (χ3n) is 5.57. The van der Waals surface area contributed by atoms with Crippen LogP contribution in [0.2, 0.25) is 0 Å². The summed E-state index contributed by atoms with van der Waals surface area (Å²) in [5, 5.41) is 13.0. The van der Waals surface area contributed by atoms with Crippen molar-refractivity contribution in [2.45, 2.75) is 58.0 Å². The molecule has 3 N–H and O–H groups in total. The molecular formula is C25H29F2N3O3. The monoisotopic (exact) mass is 457 g/mol. The summed E-state index contributed by atoms with van der Waals surface area (Å²) >= 11 is 0. The number of rotatable bonds is 8. The van der Waals surface area contributed by atoms with Crippen LogP contribution in [0.4, 0.5) is 20.2 Å². The number of benzene rings is 2. The molecule has 0 aromatic heterocycles. The number of amides is 2. The van der Waals surface area contributed by atoms with Gasteiger partial charge in [0.05, 0.1) is 6.10 Å². The van der Waals surface area contributed by atoms with E-state index in [9.17, 15) is 18.4 Å². The van der Waals surface area contributed by atoms with Gasteiger partial charge in [0.15, 0.2) is 5.92 Å². The molecule has 1 unspecified atom stereocenters. The maximum Gasteiger partial charge on any atom is 0.270 e. The number of anilines is 2. The molecule has 1 fully saturated rings. The Labute approximate surface area is 192 Å². The average molecular weight is 458 g/mol. The third-order valence-corrected chi connectivity index (χ3v) is 5.57. The summed E-state index contributed by atoms with van der Waals surface area (Å²) in [6.45, 7) is 2.11. The second kappa shape index (κ2) is 10.6. The Bertz CT molecular complexity index is 997. The van der Waals surface area contributed by atoms with Gasteiger partial charge in [0.1, 0.15) is 5.75 Å². The van der Waals surface area contributed by atoms with Crippen LogP contribution in [-0.4, -0.2) is 23.6 Å². The second-order valence-corrected chi connectivity index (χ2v) is 8.47. The molecule has 3 rings (SSSR count).